The second kappa shape index (κ2) is 8.53. The van der Waals surface area contributed by atoms with E-state index in [2.05, 4.69) is 5.32 Å². The van der Waals surface area contributed by atoms with Gasteiger partial charge in [0.1, 0.15) is 5.75 Å². The van der Waals surface area contributed by atoms with Crippen LogP contribution >= 0.6 is 0 Å². The first kappa shape index (κ1) is 17.3. The number of nitrogens with zero attached hydrogens (tertiary/aromatic N) is 1. The van der Waals surface area contributed by atoms with E-state index in [9.17, 15) is 4.79 Å². The molecule has 0 radical (unpaired) electrons. The number of para-hydroxylation sites is 1. The van der Waals surface area contributed by atoms with Gasteiger partial charge in [-0.05, 0) is 42.7 Å². The van der Waals surface area contributed by atoms with Gasteiger partial charge in [-0.25, -0.2) is 4.79 Å². The van der Waals surface area contributed by atoms with Crippen molar-refractivity contribution < 1.29 is 14.3 Å². The lowest BCUT2D eigenvalue weighted by molar-refractivity contribution is 0.000965. The van der Waals surface area contributed by atoms with E-state index in [0.29, 0.717) is 13.2 Å². The lowest BCUT2D eigenvalue weighted by atomic mass is 10.1. The summed E-state index contributed by atoms with van der Waals surface area (Å²) in [6.45, 7) is 1.90. The van der Waals surface area contributed by atoms with Crippen molar-refractivity contribution in [2.24, 2.45) is 0 Å². The van der Waals surface area contributed by atoms with Crippen molar-refractivity contribution in [3.63, 3.8) is 0 Å². The number of methoxy groups -OCH3 is 1. The van der Waals surface area contributed by atoms with Crippen LogP contribution in [0.15, 0.2) is 54.6 Å². The van der Waals surface area contributed by atoms with Crippen molar-refractivity contribution in [2.75, 3.05) is 25.5 Å². The molecule has 1 atom stereocenters. The largest absolute Gasteiger partial charge is 0.497 e. The summed E-state index contributed by atoms with van der Waals surface area (Å²) in [4.78, 5) is 14.2. The van der Waals surface area contributed by atoms with Crippen LogP contribution in [0.2, 0.25) is 0 Å². The number of piperidine rings is 1. The molecule has 0 unspecified atom stereocenters. The Morgan fingerprint density at radius 2 is 2.04 bits per heavy atom. The van der Waals surface area contributed by atoms with E-state index < -0.39 is 0 Å². The number of amides is 2. The van der Waals surface area contributed by atoms with Gasteiger partial charge in [0, 0.05) is 18.8 Å². The highest BCUT2D eigenvalue weighted by atomic mass is 16.5. The van der Waals surface area contributed by atoms with Crippen LogP contribution in [0.1, 0.15) is 18.4 Å². The zero-order chi connectivity index (χ0) is 17.5. The molecular weight excluding hydrogens is 316 g/mol. The highest BCUT2D eigenvalue weighted by molar-refractivity contribution is 5.89. The minimum Gasteiger partial charge on any atom is -0.497 e. The average molecular weight is 340 g/mol. The van der Waals surface area contributed by atoms with E-state index in [1.54, 1.807) is 7.11 Å². The van der Waals surface area contributed by atoms with Gasteiger partial charge in [-0.3, -0.25) is 0 Å². The number of ether oxygens (including phenoxy) is 2. The molecule has 5 heteroatoms. The van der Waals surface area contributed by atoms with Gasteiger partial charge in [-0.15, -0.1) is 0 Å². The van der Waals surface area contributed by atoms with Gasteiger partial charge >= 0.3 is 6.03 Å². The SMILES string of the molecule is COc1cccc(CO[C@@H]2CCCN(C(=O)Nc3ccccc3)C2)c1. The van der Waals surface area contributed by atoms with Crippen molar-refractivity contribution in [1.29, 1.82) is 0 Å². The Labute approximate surface area is 148 Å². The topological polar surface area (TPSA) is 50.8 Å². The summed E-state index contributed by atoms with van der Waals surface area (Å²) in [5.74, 6) is 0.827. The highest BCUT2D eigenvalue weighted by Crippen LogP contribution is 2.18. The highest BCUT2D eigenvalue weighted by Gasteiger charge is 2.24. The number of hydrogen-bond acceptors (Lipinski definition) is 3. The first-order valence-corrected chi connectivity index (χ1v) is 8.60. The van der Waals surface area contributed by atoms with Crippen molar-refractivity contribution in [2.45, 2.75) is 25.6 Å². The second-order valence-corrected chi connectivity index (χ2v) is 6.17. The third-order valence-electron chi connectivity index (χ3n) is 4.31. The molecule has 132 valence electrons. The summed E-state index contributed by atoms with van der Waals surface area (Å²) in [5.41, 5.74) is 1.89. The molecule has 2 aromatic rings. The normalized spacial score (nSPS) is 17.2. The summed E-state index contributed by atoms with van der Waals surface area (Å²) in [5, 5.41) is 2.94. The molecule has 1 aliphatic rings. The monoisotopic (exact) mass is 340 g/mol. The molecule has 1 aliphatic heterocycles. The molecule has 5 nitrogen and oxygen atoms in total. The Morgan fingerprint density at radius 1 is 1.20 bits per heavy atom. The Balaban J connectivity index is 1.51. The molecule has 1 saturated heterocycles. The van der Waals surface area contributed by atoms with E-state index in [1.807, 2.05) is 59.5 Å². The van der Waals surface area contributed by atoms with Gasteiger partial charge < -0.3 is 19.7 Å². The third-order valence-corrected chi connectivity index (χ3v) is 4.31. The predicted octanol–water partition coefficient (Wildman–Crippen LogP) is 3.91. The van der Waals surface area contributed by atoms with Crippen molar-refractivity contribution in [3.8, 4) is 5.75 Å². The lowest BCUT2D eigenvalue weighted by Crippen LogP contribution is -2.45. The number of nitrogens with one attached hydrogen (secondary N) is 1. The first-order valence-electron chi connectivity index (χ1n) is 8.60. The van der Waals surface area contributed by atoms with Crippen LogP contribution in [0.4, 0.5) is 10.5 Å². The van der Waals surface area contributed by atoms with Crippen molar-refractivity contribution in [1.82, 2.24) is 4.90 Å². The molecule has 0 aliphatic carbocycles. The summed E-state index contributed by atoms with van der Waals surface area (Å²) >= 11 is 0. The van der Waals surface area contributed by atoms with E-state index in [4.69, 9.17) is 9.47 Å². The number of urea groups is 1. The Morgan fingerprint density at radius 3 is 2.84 bits per heavy atom. The molecular formula is C20H24N2O3. The van der Waals surface area contributed by atoms with Gasteiger partial charge in [-0.2, -0.15) is 0 Å². The Hall–Kier alpha value is -2.53. The third kappa shape index (κ3) is 4.97. The van der Waals surface area contributed by atoms with Crippen LogP contribution in [0.5, 0.6) is 5.75 Å². The van der Waals surface area contributed by atoms with Gasteiger partial charge in [0.05, 0.1) is 19.8 Å². The van der Waals surface area contributed by atoms with E-state index in [1.165, 1.54) is 0 Å². The average Bonchev–Trinajstić information content (AvgIpc) is 2.67. The summed E-state index contributed by atoms with van der Waals surface area (Å²) in [6, 6.07) is 17.3. The van der Waals surface area contributed by atoms with Gasteiger partial charge in [0.15, 0.2) is 0 Å². The summed E-state index contributed by atoms with van der Waals surface area (Å²) < 4.78 is 11.3. The molecule has 0 spiro atoms. The maximum atomic E-state index is 12.4. The standard InChI is InChI=1S/C20H24N2O3/c1-24-18-10-5-7-16(13-18)15-25-19-11-6-12-22(14-19)20(23)21-17-8-3-2-4-9-17/h2-5,7-10,13,19H,6,11-12,14-15H2,1H3,(H,21,23)/t19-/m1/s1. The number of anilines is 1. The Bertz CT molecular complexity index is 690. The fourth-order valence-corrected chi connectivity index (χ4v) is 2.96. The molecule has 3 rings (SSSR count). The zero-order valence-corrected chi connectivity index (χ0v) is 14.5. The number of rotatable bonds is 5. The molecule has 0 aromatic heterocycles. The molecule has 2 amide bonds. The fourth-order valence-electron chi connectivity index (χ4n) is 2.96. The van der Waals surface area contributed by atoms with Crippen LogP contribution in [-0.4, -0.2) is 37.2 Å². The van der Waals surface area contributed by atoms with Crippen LogP contribution in [0, 0.1) is 0 Å². The van der Waals surface area contributed by atoms with Gasteiger partial charge in [-0.1, -0.05) is 30.3 Å². The predicted molar refractivity (Wildman–Crippen MR) is 97.8 cm³/mol. The van der Waals surface area contributed by atoms with E-state index in [-0.39, 0.29) is 12.1 Å². The number of hydrogen-bond donors (Lipinski definition) is 1. The maximum absolute atomic E-state index is 12.4. The van der Waals surface area contributed by atoms with Crippen LogP contribution in [0.3, 0.4) is 0 Å². The summed E-state index contributed by atoms with van der Waals surface area (Å²) in [7, 11) is 1.66. The minimum atomic E-state index is -0.0686. The van der Waals surface area contributed by atoms with Crippen LogP contribution in [-0.2, 0) is 11.3 Å². The first-order chi connectivity index (χ1) is 12.2. The minimum absolute atomic E-state index is 0.0569. The Kier molecular flexibility index (Phi) is 5.90. The molecule has 0 bridgehead atoms. The smallest absolute Gasteiger partial charge is 0.321 e. The molecule has 1 N–H and O–H groups in total. The number of likely N-dealkylation sites (tertiary alicyclic amines) is 1. The zero-order valence-electron chi connectivity index (χ0n) is 14.5. The van der Waals surface area contributed by atoms with E-state index in [0.717, 1.165) is 36.4 Å². The van der Waals surface area contributed by atoms with Gasteiger partial charge in [0.25, 0.3) is 0 Å². The van der Waals surface area contributed by atoms with Crippen LogP contribution in [0.25, 0.3) is 0 Å². The number of carbonyl (C=O) groups excluding carboxylic acids is 1. The molecule has 0 saturated carbocycles. The van der Waals surface area contributed by atoms with Gasteiger partial charge in [0.2, 0.25) is 0 Å². The molecule has 1 fully saturated rings. The van der Waals surface area contributed by atoms with Crippen molar-refractivity contribution >= 4 is 11.7 Å². The van der Waals surface area contributed by atoms with Crippen LogP contribution < -0.4 is 10.1 Å². The number of benzene rings is 2. The maximum Gasteiger partial charge on any atom is 0.321 e. The molecule has 25 heavy (non-hydrogen) atoms. The summed E-state index contributed by atoms with van der Waals surface area (Å²) in [6.07, 6.45) is 1.98. The van der Waals surface area contributed by atoms with E-state index >= 15 is 0 Å². The quantitative estimate of drug-likeness (QED) is 0.898. The number of carbonyl (C=O) groups is 1. The fraction of sp³-hybridized carbons (Fsp3) is 0.350. The lowest BCUT2D eigenvalue weighted by Gasteiger charge is -2.32. The molecule has 2 aromatic carbocycles. The molecule has 1 heterocycles. The van der Waals surface area contributed by atoms with Crippen molar-refractivity contribution in [3.05, 3.63) is 60.2 Å². The second-order valence-electron chi connectivity index (χ2n) is 6.17.